The van der Waals surface area contributed by atoms with Gasteiger partial charge in [0, 0.05) is 12.0 Å². The van der Waals surface area contributed by atoms with Crippen molar-refractivity contribution in [1.29, 1.82) is 0 Å². The normalized spacial score (nSPS) is 26.9. The molecule has 3 rings (SSSR count). The Hall–Kier alpha value is -1.56. The number of hydrogen-bond donors (Lipinski definition) is 0. The molecule has 0 atom stereocenters. The van der Waals surface area contributed by atoms with E-state index in [1.807, 2.05) is 0 Å². The second kappa shape index (κ2) is 11.0. The van der Waals surface area contributed by atoms with Crippen molar-refractivity contribution in [3.05, 3.63) is 29.3 Å². The monoisotopic (exact) mass is 415 g/mol. The van der Waals surface area contributed by atoms with Crippen LogP contribution in [0.2, 0.25) is 0 Å². The summed E-state index contributed by atoms with van der Waals surface area (Å²) in [7, 11) is 0. The lowest BCUT2D eigenvalue weighted by molar-refractivity contribution is 0.153. The molecule has 2 aliphatic rings. The Balaban J connectivity index is 1.50. The molecule has 0 saturated heterocycles. The molecule has 0 spiro atoms. The third-order valence-electron chi connectivity index (χ3n) is 6.91. The van der Waals surface area contributed by atoms with E-state index in [0.29, 0.717) is 0 Å². The van der Waals surface area contributed by atoms with Crippen molar-refractivity contribution in [2.24, 2.45) is 28.7 Å². The first-order valence-electron chi connectivity index (χ1n) is 11.2. The van der Waals surface area contributed by atoms with Crippen LogP contribution in [0, 0.1) is 47.1 Å². The first kappa shape index (κ1) is 22.1. The number of isothiocyanates is 1. The molecule has 0 unspecified atom stereocenters. The number of nitrogens with zero attached hydrogens (tertiary/aromatic N) is 1. The maximum atomic E-state index is 14.1. The lowest BCUT2D eigenvalue weighted by Crippen LogP contribution is -2.25. The van der Waals surface area contributed by atoms with Gasteiger partial charge in [0.05, 0.1) is 10.7 Å². The Bertz CT molecular complexity index is 787. The van der Waals surface area contributed by atoms with E-state index in [-0.39, 0.29) is 17.2 Å². The van der Waals surface area contributed by atoms with Crippen molar-refractivity contribution in [3.63, 3.8) is 0 Å². The molecule has 0 aliphatic heterocycles. The lowest BCUT2D eigenvalue weighted by Gasteiger charge is -2.37. The third-order valence-corrected chi connectivity index (χ3v) is 7.00. The number of halogens is 2. The number of unbranched alkanes of at least 4 members (excludes halogenated alkanes) is 1. The molecule has 0 bridgehead atoms. The summed E-state index contributed by atoms with van der Waals surface area (Å²) in [6.07, 6.45) is 14.3. The number of rotatable bonds is 5. The summed E-state index contributed by atoms with van der Waals surface area (Å²) < 4.78 is 28.1. The van der Waals surface area contributed by atoms with Crippen LogP contribution in [0.1, 0.15) is 83.1 Å². The molecule has 0 aromatic heterocycles. The van der Waals surface area contributed by atoms with Gasteiger partial charge in [-0.25, -0.2) is 8.78 Å². The van der Waals surface area contributed by atoms with Crippen LogP contribution in [0.25, 0.3) is 0 Å². The van der Waals surface area contributed by atoms with E-state index < -0.39 is 11.6 Å². The minimum atomic E-state index is -0.619. The van der Waals surface area contributed by atoms with Crippen LogP contribution in [-0.2, 0) is 0 Å². The molecule has 29 heavy (non-hydrogen) atoms. The summed E-state index contributed by atoms with van der Waals surface area (Å²) in [5, 5.41) is 2.06. The highest BCUT2D eigenvalue weighted by Gasteiger charge is 2.30. The first-order valence-corrected chi connectivity index (χ1v) is 11.6. The van der Waals surface area contributed by atoms with Gasteiger partial charge >= 0.3 is 0 Å². The highest BCUT2D eigenvalue weighted by atomic mass is 32.1. The Morgan fingerprint density at radius 1 is 0.966 bits per heavy atom. The molecular weight excluding hydrogens is 384 g/mol. The van der Waals surface area contributed by atoms with Gasteiger partial charge in [0.15, 0.2) is 5.82 Å². The number of aliphatic imine (C=N–C) groups is 1. The summed E-state index contributed by atoms with van der Waals surface area (Å²) in [5.74, 6) is 7.84. The molecule has 4 heteroatoms. The van der Waals surface area contributed by atoms with E-state index in [0.717, 1.165) is 42.7 Å². The molecule has 2 saturated carbocycles. The molecule has 156 valence electrons. The molecule has 1 aromatic carbocycles. The van der Waals surface area contributed by atoms with Crippen molar-refractivity contribution < 1.29 is 8.78 Å². The van der Waals surface area contributed by atoms with Gasteiger partial charge in [0.1, 0.15) is 11.5 Å². The summed E-state index contributed by atoms with van der Waals surface area (Å²) in [5.41, 5.74) is -0.0358. The van der Waals surface area contributed by atoms with Gasteiger partial charge < -0.3 is 0 Å². The van der Waals surface area contributed by atoms with Gasteiger partial charge in [0.2, 0.25) is 0 Å². The minimum absolute atomic E-state index is 0.0957. The summed E-state index contributed by atoms with van der Waals surface area (Å²) in [4.78, 5) is 3.53. The van der Waals surface area contributed by atoms with E-state index in [2.05, 4.69) is 41.1 Å². The SMILES string of the molecule is CCCCC1CCC(C2CCC(C#Cc3cc(F)c(N=C=S)cc3F)CC2)CC1. The number of hydrogen-bond acceptors (Lipinski definition) is 2. The molecule has 2 fully saturated rings. The van der Waals surface area contributed by atoms with Gasteiger partial charge in [-0.3, -0.25) is 0 Å². The second-order valence-electron chi connectivity index (χ2n) is 8.79. The fourth-order valence-corrected chi connectivity index (χ4v) is 5.22. The van der Waals surface area contributed by atoms with E-state index in [9.17, 15) is 8.78 Å². The van der Waals surface area contributed by atoms with Crippen molar-refractivity contribution in [2.45, 2.75) is 77.6 Å². The molecule has 1 nitrogen and oxygen atoms in total. The largest absolute Gasteiger partial charge is 0.206 e. The maximum absolute atomic E-state index is 14.1. The average Bonchev–Trinajstić information content (AvgIpc) is 2.74. The van der Waals surface area contributed by atoms with Crippen molar-refractivity contribution in [3.8, 4) is 11.8 Å². The molecule has 2 aliphatic carbocycles. The smallest absolute Gasteiger partial charge is 0.151 e. The third kappa shape index (κ3) is 6.21. The topological polar surface area (TPSA) is 12.4 Å². The Kier molecular flexibility index (Phi) is 8.40. The van der Waals surface area contributed by atoms with Crippen molar-refractivity contribution in [2.75, 3.05) is 0 Å². The van der Waals surface area contributed by atoms with Gasteiger partial charge in [0.25, 0.3) is 0 Å². The Labute approximate surface area is 179 Å². The van der Waals surface area contributed by atoms with E-state index in [1.54, 1.807) is 0 Å². The van der Waals surface area contributed by atoms with Crippen LogP contribution in [0.4, 0.5) is 14.5 Å². The predicted molar refractivity (Wildman–Crippen MR) is 118 cm³/mol. The minimum Gasteiger partial charge on any atom is -0.206 e. The van der Waals surface area contributed by atoms with Gasteiger partial charge in [-0.2, -0.15) is 4.99 Å². The zero-order valence-corrected chi connectivity index (χ0v) is 18.2. The van der Waals surface area contributed by atoms with E-state index in [1.165, 1.54) is 57.8 Å². The van der Waals surface area contributed by atoms with Crippen LogP contribution in [0.15, 0.2) is 17.1 Å². The zero-order chi connectivity index (χ0) is 20.6. The van der Waals surface area contributed by atoms with Gasteiger partial charge in [-0.15, -0.1) is 0 Å². The van der Waals surface area contributed by atoms with Crippen LogP contribution in [0.3, 0.4) is 0 Å². The molecule has 0 radical (unpaired) electrons. The van der Waals surface area contributed by atoms with E-state index in [4.69, 9.17) is 0 Å². The lowest BCUT2D eigenvalue weighted by atomic mass is 9.69. The van der Waals surface area contributed by atoms with Crippen LogP contribution in [-0.4, -0.2) is 5.16 Å². The first-order chi connectivity index (χ1) is 14.1. The highest BCUT2D eigenvalue weighted by Crippen LogP contribution is 2.42. The summed E-state index contributed by atoms with van der Waals surface area (Å²) in [6.45, 7) is 2.28. The highest BCUT2D eigenvalue weighted by molar-refractivity contribution is 7.78. The fourth-order valence-electron chi connectivity index (χ4n) is 5.12. The Morgan fingerprint density at radius 2 is 1.62 bits per heavy atom. The average molecular weight is 416 g/mol. The van der Waals surface area contributed by atoms with E-state index >= 15 is 0 Å². The van der Waals surface area contributed by atoms with Crippen molar-refractivity contribution >= 4 is 23.1 Å². The fraction of sp³-hybridized carbons (Fsp3) is 0.640. The predicted octanol–water partition coefficient (Wildman–Crippen LogP) is 7.85. The summed E-state index contributed by atoms with van der Waals surface area (Å²) in [6, 6.07) is 2.14. The maximum Gasteiger partial charge on any atom is 0.151 e. The van der Waals surface area contributed by atoms with Crippen molar-refractivity contribution in [1.82, 2.24) is 0 Å². The second-order valence-corrected chi connectivity index (χ2v) is 8.97. The molecule has 0 N–H and O–H groups in total. The molecule has 1 aromatic rings. The Morgan fingerprint density at radius 3 is 2.24 bits per heavy atom. The number of benzene rings is 1. The molecule has 0 heterocycles. The molecule has 0 amide bonds. The van der Waals surface area contributed by atoms with Crippen LogP contribution < -0.4 is 0 Å². The molecular formula is C25H31F2NS. The van der Waals surface area contributed by atoms with Crippen LogP contribution in [0.5, 0.6) is 0 Å². The zero-order valence-electron chi connectivity index (χ0n) is 17.4. The van der Waals surface area contributed by atoms with Gasteiger partial charge in [-0.1, -0.05) is 50.9 Å². The van der Waals surface area contributed by atoms with Crippen LogP contribution >= 0.6 is 12.2 Å². The van der Waals surface area contributed by atoms with Gasteiger partial charge in [-0.05, 0) is 74.6 Å². The quantitative estimate of drug-likeness (QED) is 0.271. The standard InChI is InChI=1S/C25H31F2NS/c1-2-3-4-18-5-10-20(11-6-18)21-12-7-19(8-13-21)9-14-22-15-24(27)25(28-17-29)16-23(22)26/h15-16,18-21H,2-8,10-13H2,1H3. The number of thiocarbonyl (C=S) groups is 1. The summed E-state index contributed by atoms with van der Waals surface area (Å²) >= 11 is 4.45.